The van der Waals surface area contributed by atoms with Crippen LogP contribution in [-0.2, 0) is 4.79 Å². The molecule has 1 heterocycles. The van der Waals surface area contributed by atoms with Crippen molar-refractivity contribution in [3.05, 3.63) is 0 Å². The normalized spacial score (nSPS) is 27.9. The van der Waals surface area contributed by atoms with Gasteiger partial charge in [0.25, 0.3) is 0 Å². The van der Waals surface area contributed by atoms with Crippen molar-refractivity contribution < 1.29 is 9.90 Å². The molecule has 1 saturated heterocycles. The second-order valence-electron chi connectivity index (χ2n) is 6.55. The van der Waals surface area contributed by atoms with E-state index in [4.69, 9.17) is 5.11 Å². The molecule has 19 heavy (non-hydrogen) atoms. The van der Waals surface area contributed by atoms with Gasteiger partial charge >= 0.3 is 0 Å². The molecule has 0 bridgehead atoms. The van der Waals surface area contributed by atoms with Gasteiger partial charge in [-0.15, -0.1) is 0 Å². The summed E-state index contributed by atoms with van der Waals surface area (Å²) in [5.41, 5.74) is 0. The highest BCUT2D eigenvalue weighted by atomic mass is 16.3. The maximum atomic E-state index is 12.2. The number of hydrogen-bond acceptors (Lipinski definition) is 3. The van der Waals surface area contributed by atoms with Crippen molar-refractivity contribution in [1.29, 1.82) is 0 Å². The number of likely N-dealkylation sites (tertiary alicyclic amines) is 1. The molecule has 0 aromatic heterocycles. The van der Waals surface area contributed by atoms with Crippen LogP contribution < -0.4 is 5.32 Å². The maximum Gasteiger partial charge on any atom is 0.225 e. The number of nitrogens with zero attached hydrogens (tertiary/aromatic N) is 1. The molecule has 1 amide bonds. The maximum absolute atomic E-state index is 12.2. The van der Waals surface area contributed by atoms with Gasteiger partial charge in [-0.3, -0.25) is 4.79 Å². The zero-order valence-electron chi connectivity index (χ0n) is 12.3. The predicted octanol–water partition coefficient (Wildman–Crippen LogP) is 1.24. The van der Waals surface area contributed by atoms with Gasteiger partial charge in [0.15, 0.2) is 0 Å². The summed E-state index contributed by atoms with van der Waals surface area (Å²) in [6, 6.07) is 0.354. The lowest BCUT2D eigenvalue weighted by Gasteiger charge is -2.39. The van der Waals surface area contributed by atoms with E-state index in [2.05, 4.69) is 5.32 Å². The second-order valence-corrected chi connectivity index (χ2v) is 6.55. The first kappa shape index (κ1) is 14.8. The number of carbonyl (C=O) groups is 1. The van der Waals surface area contributed by atoms with E-state index in [1.54, 1.807) is 0 Å². The van der Waals surface area contributed by atoms with Crippen LogP contribution in [0, 0.1) is 17.8 Å². The topological polar surface area (TPSA) is 52.6 Å². The first-order valence-corrected chi connectivity index (χ1v) is 7.73. The van der Waals surface area contributed by atoms with Crippen molar-refractivity contribution in [3.8, 4) is 0 Å². The van der Waals surface area contributed by atoms with Gasteiger partial charge in [0.2, 0.25) is 5.91 Å². The molecular weight excluding hydrogens is 240 g/mol. The van der Waals surface area contributed by atoms with E-state index in [1.165, 1.54) is 19.3 Å². The molecule has 4 nitrogen and oxygen atoms in total. The molecule has 2 N–H and O–H groups in total. The molecule has 0 aromatic rings. The van der Waals surface area contributed by atoms with Crippen LogP contribution in [0.5, 0.6) is 0 Å². The Hall–Kier alpha value is -0.610. The van der Waals surface area contributed by atoms with Gasteiger partial charge in [-0.25, -0.2) is 0 Å². The standard InChI is InChI=1S/C15H28N2O2/c1-11(2)15(19)17-9-13(7-12-3-4-12)8-14(10-17)16-5-6-18/h11-14,16,18H,3-10H2,1-2H3. The molecular formula is C15H28N2O2. The number of piperidine rings is 1. The smallest absolute Gasteiger partial charge is 0.225 e. The number of hydrogen-bond donors (Lipinski definition) is 2. The summed E-state index contributed by atoms with van der Waals surface area (Å²) >= 11 is 0. The number of nitrogens with one attached hydrogen (secondary N) is 1. The largest absolute Gasteiger partial charge is 0.395 e. The number of carbonyl (C=O) groups excluding carboxylic acids is 1. The summed E-state index contributed by atoms with van der Waals surface area (Å²) in [5.74, 6) is 1.91. The minimum Gasteiger partial charge on any atom is -0.395 e. The van der Waals surface area contributed by atoms with Crippen LogP contribution in [0.2, 0.25) is 0 Å². The van der Waals surface area contributed by atoms with Crippen LogP contribution in [0.3, 0.4) is 0 Å². The average Bonchev–Trinajstić information content (AvgIpc) is 3.19. The molecule has 110 valence electrons. The molecule has 2 atom stereocenters. The van der Waals surface area contributed by atoms with Crippen LogP contribution in [0.4, 0.5) is 0 Å². The third kappa shape index (κ3) is 4.46. The summed E-state index contributed by atoms with van der Waals surface area (Å²) in [4.78, 5) is 14.3. The Balaban J connectivity index is 1.91. The van der Waals surface area contributed by atoms with E-state index >= 15 is 0 Å². The summed E-state index contributed by atoms with van der Waals surface area (Å²) in [5, 5.41) is 12.3. The van der Waals surface area contributed by atoms with Gasteiger partial charge in [0.05, 0.1) is 6.61 Å². The van der Waals surface area contributed by atoms with Crippen molar-refractivity contribution in [2.75, 3.05) is 26.2 Å². The van der Waals surface area contributed by atoms with E-state index in [0.717, 1.165) is 25.4 Å². The Kier molecular flexibility index (Phi) is 5.22. The van der Waals surface area contributed by atoms with Crippen molar-refractivity contribution in [2.24, 2.45) is 17.8 Å². The Labute approximate surface area is 116 Å². The molecule has 2 fully saturated rings. The van der Waals surface area contributed by atoms with Crippen molar-refractivity contribution in [2.45, 2.75) is 45.6 Å². The molecule has 0 spiro atoms. The highest BCUT2D eigenvalue weighted by molar-refractivity contribution is 5.78. The summed E-state index contributed by atoms with van der Waals surface area (Å²) in [6.45, 7) is 6.49. The fraction of sp³-hybridized carbons (Fsp3) is 0.933. The van der Waals surface area contributed by atoms with Crippen molar-refractivity contribution >= 4 is 5.91 Å². The molecule has 2 aliphatic rings. The van der Waals surface area contributed by atoms with E-state index < -0.39 is 0 Å². The second kappa shape index (κ2) is 6.71. The molecule has 1 saturated carbocycles. The fourth-order valence-corrected chi connectivity index (χ4v) is 3.16. The van der Waals surface area contributed by atoms with Gasteiger partial charge in [-0.1, -0.05) is 26.7 Å². The summed E-state index contributed by atoms with van der Waals surface area (Å²) < 4.78 is 0. The first-order chi connectivity index (χ1) is 9.10. The quantitative estimate of drug-likeness (QED) is 0.762. The highest BCUT2D eigenvalue weighted by Crippen LogP contribution is 2.37. The number of aliphatic hydroxyl groups excluding tert-OH is 1. The zero-order valence-corrected chi connectivity index (χ0v) is 12.3. The third-order valence-corrected chi connectivity index (χ3v) is 4.25. The number of aliphatic hydroxyl groups is 1. The van der Waals surface area contributed by atoms with E-state index in [1.807, 2.05) is 18.7 Å². The van der Waals surface area contributed by atoms with Gasteiger partial charge in [0.1, 0.15) is 0 Å². The Morgan fingerprint density at radius 2 is 2.05 bits per heavy atom. The molecule has 1 aliphatic heterocycles. The number of rotatable bonds is 6. The van der Waals surface area contributed by atoms with Gasteiger partial charge in [-0.05, 0) is 24.7 Å². The molecule has 2 unspecified atom stereocenters. The fourth-order valence-electron chi connectivity index (χ4n) is 3.16. The summed E-state index contributed by atoms with van der Waals surface area (Å²) in [7, 11) is 0. The SMILES string of the molecule is CC(C)C(=O)N1CC(CC2CC2)CC(NCCO)C1. The van der Waals surface area contributed by atoms with Crippen LogP contribution in [0.25, 0.3) is 0 Å². The van der Waals surface area contributed by atoms with Crippen LogP contribution >= 0.6 is 0 Å². The monoisotopic (exact) mass is 268 g/mol. The van der Waals surface area contributed by atoms with E-state index in [0.29, 0.717) is 18.5 Å². The van der Waals surface area contributed by atoms with Crippen LogP contribution in [0.15, 0.2) is 0 Å². The first-order valence-electron chi connectivity index (χ1n) is 7.73. The molecule has 4 heteroatoms. The van der Waals surface area contributed by atoms with Crippen LogP contribution in [0.1, 0.15) is 39.5 Å². The Morgan fingerprint density at radius 1 is 1.32 bits per heavy atom. The predicted molar refractivity (Wildman–Crippen MR) is 75.7 cm³/mol. The Bertz CT molecular complexity index is 303. The third-order valence-electron chi connectivity index (χ3n) is 4.25. The minimum absolute atomic E-state index is 0.0816. The van der Waals surface area contributed by atoms with Gasteiger partial charge in [-0.2, -0.15) is 0 Å². The van der Waals surface area contributed by atoms with Crippen LogP contribution in [-0.4, -0.2) is 48.2 Å². The molecule has 0 aromatic carbocycles. The van der Waals surface area contributed by atoms with E-state index in [-0.39, 0.29) is 18.4 Å². The lowest BCUT2D eigenvalue weighted by Crippen LogP contribution is -2.52. The Morgan fingerprint density at radius 3 is 2.63 bits per heavy atom. The molecule has 2 rings (SSSR count). The molecule has 0 radical (unpaired) electrons. The molecule has 1 aliphatic carbocycles. The minimum atomic E-state index is 0.0816. The van der Waals surface area contributed by atoms with E-state index in [9.17, 15) is 4.79 Å². The van der Waals surface area contributed by atoms with Gasteiger partial charge < -0.3 is 15.3 Å². The average molecular weight is 268 g/mol. The lowest BCUT2D eigenvalue weighted by molar-refractivity contribution is -0.137. The summed E-state index contributed by atoms with van der Waals surface area (Å²) in [6.07, 6.45) is 5.18. The number of amides is 1. The van der Waals surface area contributed by atoms with Gasteiger partial charge in [0, 0.05) is 31.6 Å². The van der Waals surface area contributed by atoms with Crippen molar-refractivity contribution in [1.82, 2.24) is 10.2 Å². The highest BCUT2D eigenvalue weighted by Gasteiger charge is 2.34. The zero-order chi connectivity index (χ0) is 13.8. The van der Waals surface area contributed by atoms with Crippen molar-refractivity contribution in [3.63, 3.8) is 0 Å². The lowest BCUT2D eigenvalue weighted by atomic mass is 9.89.